The van der Waals surface area contributed by atoms with E-state index in [1.807, 2.05) is 38.2 Å². The highest BCUT2D eigenvalue weighted by Crippen LogP contribution is 2.41. The molecule has 2 heterocycles. The molecule has 4 rings (SSSR count). The van der Waals surface area contributed by atoms with Crippen molar-refractivity contribution in [2.24, 2.45) is 5.73 Å². The Hall–Kier alpha value is -3.39. The average Bonchev–Trinajstić information content (AvgIpc) is 3.20. The predicted octanol–water partition coefficient (Wildman–Crippen LogP) is 3.10. The number of halogens is 1. The molecule has 3 N–H and O–H groups in total. The van der Waals surface area contributed by atoms with Gasteiger partial charge in [0.2, 0.25) is 0 Å². The molecule has 2 aromatic rings. The Bertz CT molecular complexity index is 1140. The normalized spacial score (nSPS) is 15.8. The third kappa shape index (κ3) is 3.50. The summed E-state index contributed by atoms with van der Waals surface area (Å²) >= 11 is 0. The van der Waals surface area contributed by atoms with Crippen LogP contribution < -0.4 is 10.6 Å². The Morgan fingerprint density at radius 2 is 2.10 bits per heavy atom. The van der Waals surface area contributed by atoms with Gasteiger partial charge >= 0.3 is 0 Å². The Labute approximate surface area is 174 Å². The maximum atomic E-state index is 14.7. The molecule has 0 saturated heterocycles. The molecule has 30 heavy (non-hydrogen) atoms. The second-order valence-corrected chi connectivity index (χ2v) is 7.70. The zero-order valence-corrected chi connectivity index (χ0v) is 17.2. The number of hydrogen-bond donors (Lipinski definition) is 2. The average molecular weight is 409 g/mol. The molecule has 1 aromatic carbocycles. The van der Waals surface area contributed by atoms with Crippen LogP contribution in [0.3, 0.4) is 0 Å². The van der Waals surface area contributed by atoms with Crippen LogP contribution in [0.5, 0.6) is 0 Å². The van der Waals surface area contributed by atoms with Gasteiger partial charge in [0.05, 0.1) is 34.9 Å². The summed E-state index contributed by atoms with van der Waals surface area (Å²) in [6, 6.07) is 1.88. The molecule has 0 radical (unpaired) electrons. The Balaban J connectivity index is 1.87. The zero-order chi connectivity index (χ0) is 21.4. The van der Waals surface area contributed by atoms with Crippen molar-refractivity contribution in [2.45, 2.75) is 6.42 Å². The number of carbonyl (C=O) groups is 1. The number of likely N-dealkylation sites (N-methyl/N-ethyl adjacent to an activating group) is 2. The lowest BCUT2D eigenvalue weighted by molar-refractivity contribution is 0.100. The van der Waals surface area contributed by atoms with Crippen LogP contribution in [0.1, 0.15) is 22.3 Å². The van der Waals surface area contributed by atoms with E-state index in [1.165, 1.54) is 18.7 Å². The molecule has 0 spiro atoms. The number of benzene rings is 1. The summed E-state index contributed by atoms with van der Waals surface area (Å²) in [6.07, 6.45) is 8.54. The highest BCUT2D eigenvalue weighted by molar-refractivity contribution is 6.11. The van der Waals surface area contributed by atoms with E-state index in [2.05, 4.69) is 14.9 Å². The summed E-state index contributed by atoms with van der Waals surface area (Å²) in [5, 5.41) is 0. The second-order valence-electron chi connectivity index (χ2n) is 7.70. The van der Waals surface area contributed by atoms with Gasteiger partial charge in [0.1, 0.15) is 0 Å². The number of ether oxygens (including phenoxy) is 1. The van der Waals surface area contributed by atoms with Crippen LogP contribution in [-0.4, -0.2) is 55.0 Å². The second kappa shape index (κ2) is 7.79. The maximum absolute atomic E-state index is 14.7. The Morgan fingerprint density at radius 3 is 2.83 bits per heavy atom. The number of amides is 1. The van der Waals surface area contributed by atoms with E-state index < -0.39 is 11.7 Å². The molecule has 1 amide bonds. The molecule has 0 saturated carbocycles. The summed E-state index contributed by atoms with van der Waals surface area (Å²) in [5.41, 5.74) is 10.2. The summed E-state index contributed by atoms with van der Waals surface area (Å²) in [7, 11) is 5.88. The molecule has 0 bridgehead atoms. The minimum Gasteiger partial charge on any atom is -0.462 e. The van der Waals surface area contributed by atoms with E-state index in [-0.39, 0.29) is 5.76 Å². The largest absolute Gasteiger partial charge is 0.462 e. The van der Waals surface area contributed by atoms with Gasteiger partial charge in [0.15, 0.2) is 11.6 Å². The van der Waals surface area contributed by atoms with Crippen molar-refractivity contribution in [3.8, 4) is 0 Å². The lowest BCUT2D eigenvalue weighted by Gasteiger charge is -2.26. The third-order valence-electron chi connectivity index (χ3n) is 5.32. The Kier molecular flexibility index (Phi) is 5.17. The fourth-order valence-corrected chi connectivity index (χ4v) is 3.77. The van der Waals surface area contributed by atoms with Crippen LogP contribution in [0.15, 0.2) is 54.0 Å². The monoisotopic (exact) mass is 409 g/mol. The van der Waals surface area contributed by atoms with Gasteiger partial charge in [-0.05, 0) is 37.9 Å². The first-order valence-electron chi connectivity index (χ1n) is 9.66. The highest BCUT2D eigenvalue weighted by atomic mass is 19.1. The molecular weight excluding hydrogens is 385 g/mol. The van der Waals surface area contributed by atoms with Crippen molar-refractivity contribution in [3.05, 3.63) is 65.2 Å². The standard InChI is InChI=1S/C22H24FN5O2/c1-27(2)6-7-28(3)17-11-15(19-20(26-12-25-19)18(17)22(24)29)14-9-13-5-4-8-30-21(13)16(23)10-14/h4-5,8,10-12H,6-7,9H2,1-3H3,(H2,24,29)(H,25,26). The lowest BCUT2D eigenvalue weighted by Crippen LogP contribution is -2.30. The molecule has 8 heteroatoms. The van der Waals surface area contributed by atoms with Crippen LogP contribution in [0, 0.1) is 0 Å². The number of nitrogens with one attached hydrogen (secondary N) is 1. The molecule has 156 valence electrons. The molecule has 1 aliphatic carbocycles. The number of rotatable bonds is 6. The number of aromatic amines is 1. The molecule has 0 atom stereocenters. The van der Waals surface area contributed by atoms with E-state index in [1.54, 1.807) is 6.08 Å². The number of aromatic nitrogens is 2. The van der Waals surface area contributed by atoms with Crippen LogP contribution in [-0.2, 0) is 4.74 Å². The van der Waals surface area contributed by atoms with Crippen LogP contribution in [0.4, 0.5) is 10.1 Å². The van der Waals surface area contributed by atoms with Gasteiger partial charge in [-0.3, -0.25) is 4.79 Å². The van der Waals surface area contributed by atoms with E-state index >= 15 is 0 Å². The van der Waals surface area contributed by atoms with Crippen molar-refractivity contribution in [2.75, 3.05) is 39.1 Å². The van der Waals surface area contributed by atoms with E-state index in [0.717, 1.165) is 23.3 Å². The number of nitrogens with two attached hydrogens (primary N) is 1. The number of fused-ring (bicyclic) bond motifs is 2. The third-order valence-corrected chi connectivity index (χ3v) is 5.32. The maximum Gasteiger partial charge on any atom is 0.253 e. The van der Waals surface area contributed by atoms with Crippen molar-refractivity contribution < 1.29 is 13.9 Å². The fraction of sp³-hybridized carbons (Fsp3) is 0.273. The van der Waals surface area contributed by atoms with Gasteiger partial charge in [0.25, 0.3) is 5.91 Å². The number of hydrogen-bond acceptors (Lipinski definition) is 5. The van der Waals surface area contributed by atoms with Gasteiger partial charge in [-0.1, -0.05) is 6.08 Å². The van der Waals surface area contributed by atoms with Crippen molar-refractivity contribution in [3.63, 3.8) is 0 Å². The summed E-state index contributed by atoms with van der Waals surface area (Å²) in [4.78, 5) is 23.8. The summed E-state index contributed by atoms with van der Waals surface area (Å²) in [5.74, 6) is -0.726. The highest BCUT2D eigenvalue weighted by Gasteiger charge is 2.26. The van der Waals surface area contributed by atoms with Gasteiger partial charge in [0, 0.05) is 37.7 Å². The van der Waals surface area contributed by atoms with Crippen LogP contribution in [0.2, 0.25) is 0 Å². The van der Waals surface area contributed by atoms with Crippen molar-refractivity contribution >= 4 is 28.2 Å². The van der Waals surface area contributed by atoms with Gasteiger partial charge in [-0.25, -0.2) is 9.37 Å². The molecule has 2 aliphatic rings. The van der Waals surface area contributed by atoms with Crippen molar-refractivity contribution in [1.82, 2.24) is 14.9 Å². The number of carbonyl (C=O) groups excluding carboxylic acids is 1. The molecular formula is C22H24FN5O2. The van der Waals surface area contributed by atoms with Gasteiger partial charge < -0.3 is 25.3 Å². The quantitative estimate of drug-likeness (QED) is 0.766. The summed E-state index contributed by atoms with van der Waals surface area (Å²) in [6.45, 7) is 1.48. The first-order valence-corrected chi connectivity index (χ1v) is 9.66. The first kappa shape index (κ1) is 19.9. The number of nitrogens with zero attached hydrogens (tertiary/aromatic N) is 3. The predicted molar refractivity (Wildman–Crippen MR) is 115 cm³/mol. The first-order chi connectivity index (χ1) is 14.4. The SMILES string of the molecule is CN(C)CCN(C)c1cc(C2=CC(F)=C3OC=CC=C3C2)c2nc[nH]c2c1C(N)=O. The molecule has 1 aliphatic heterocycles. The van der Waals surface area contributed by atoms with Gasteiger partial charge in [-0.15, -0.1) is 0 Å². The minimum absolute atomic E-state index is 0.247. The topological polar surface area (TPSA) is 87.5 Å². The number of primary amides is 1. The number of H-pyrrole nitrogens is 1. The molecule has 0 unspecified atom stereocenters. The van der Waals surface area contributed by atoms with E-state index in [9.17, 15) is 9.18 Å². The number of imidazole rings is 1. The van der Waals surface area contributed by atoms with E-state index in [0.29, 0.717) is 35.2 Å². The number of anilines is 1. The smallest absolute Gasteiger partial charge is 0.253 e. The zero-order valence-electron chi connectivity index (χ0n) is 17.2. The summed E-state index contributed by atoms with van der Waals surface area (Å²) < 4.78 is 20.1. The molecule has 7 nitrogen and oxygen atoms in total. The van der Waals surface area contributed by atoms with Gasteiger partial charge in [-0.2, -0.15) is 0 Å². The molecule has 1 aromatic heterocycles. The minimum atomic E-state index is -0.540. The van der Waals surface area contributed by atoms with E-state index in [4.69, 9.17) is 10.5 Å². The van der Waals surface area contributed by atoms with Crippen LogP contribution >= 0.6 is 0 Å². The molecule has 0 fully saturated rings. The lowest BCUT2D eigenvalue weighted by atomic mass is 9.89. The van der Waals surface area contributed by atoms with Crippen LogP contribution in [0.25, 0.3) is 16.6 Å². The van der Waals surface area contributed by atoms with Crippen molar-refractivity contribution in [1.29, 1.82) is 0 Å². The number of allylic oxidation sites excluding steroid dienone is 6. The fourth-order valence-electron chi connectivity index (χ4n) is 3.77. The Morgan fingerprint density at radius 1 is 1.30 bits per heavy atom.